The molecule has 6 heavy (non-hydrogen) atoms. The minimum Gasteiger partial charge on any atom is -1.00 e. The molecular weight excluding hydrogens is 124 g/mol. The number of hydrogen-bond acceptors (Lipinski definition) is 1. The fourth-order valence-corrected chi connectivity index (χ4v) is 0. The van der Waals surface area contributed by atoms with Crippen molar-refractivity contribution in [3.8, 4) is 0 Å². The number of hydrogen-bond donors (Lipinski definition) is 1. The van der Waals surface area contributed by atoms with Crippen molar-refractivity contribution in [3.05, 3.63) is 0 Å². The quantitative estimate of drug-likeness (QED) is 0.314. The van der Waals surface area contributed by atoms with E-state index in [0.717, 1.165) is 0 Å². The van der Waals surface area contributed by atoms with Gasteiger partial charge in [0.05, 0.1) is 0 Å². The summed E-state index contributed by atoms with van der Waals surface area (Å²) in [5.41, 5.74) is 0. The Morgan fingerprint density at radius 2 is 2.00 bits per heavy atom. The van der Waals surface area contributed by atoms with E-state index in [2.05, 4.69) is 11.2 Å². The van der Waals surface area contributed by atoms with Gasteiger partial charge in [-0.3, -0.25) is 0 Å². The van der Waals surface area contributed by atoms with Gasteiger partial charge in [-0.25, -0.2) is 4.57 Å². The van der Waals surface area contributed by atoms with Crippen LogP contribution >= 0.6 is 18.3 Å². The standard InChI is InChI=1S/ClFHO2P.Li.H/c1-5(2,3)4;;/h(H,3,4);;/q;+1;-1. The first-order chi connectivity index (χ1) is 2.00. The predicted molar refractivity (Wildman–Crippen MR) is 17.9 cm³/mol. The van der Waals surface area contributed by atoms with Crippen LogP contribution in [0.2, 0.25) is 0 Å². The fourth-order valence-electron chi connectivity index (χ4n) is 0. The van der Waals surface area contributed by atoms with Crippen molar-refractivity contribution >= 4 is 18.3 Å². The summed E-state index contributed by atoms with van der Waals surface area (Å²) in [6.45, 7) is 0. The van der Waals surface area contributed by atoms with Crippen molar-refractivity contribution in [2.45, 2.75) is 0 Å². The van der Waals surface area contributed by atoms with Crippen molar-refractivity contribution in [3.63, 3.8) is 0 Å². The molecule has 0 rings (SSSR count). The Kier molecular flexibility index (Phi) is 5.16. The predicted octanol–water partition coefficient (Wildman–Crippen LogP) is -1.59. The van der Waals surface area contributed by atoms with Gasteiger partial charge >= 0.3 is 25.9 Å². The monoisotopic (exact) mass is 126 g/mol. The van der Waals surface area contributed by atoms with Crippen molar-refractivity contribution < 1.29 is 33.9 Å². The van der Waals surface area contributed by atoms with Crippen LogP contribution in [0.4, 0.5) is 4.20 Å². The molecule has 0 aromatic rings. The van der Waals surface area contributed by atoms with E-state index >= 15 is 0 Å². The molecule has 0 bridgehead atoms. The zero-order chi connectivity index (χ0) is 4.50. The molecule has 0 saturated heterocycles. The summed E-state index contributed by atoms with van der Waals surface area (Å²) < 4.78 is 19.4. The molecule has 0 aliphatic rings. The van der Waals surface area contributed by atoms with E-state index in [1.165, 1.54) is 0 Å². The number of halogens is 2. The van der Waals surface area contributed by atoms with Crippen molar-refractivity contribution in [2.24, 2.45) is 0 Å². The van der Waals surface area contributed by atoms with Gasteiger partial charge in [0.25, 0.3) is 0 Å². The molecule has 0 amide bonds. The summed E-state index contributed by atoms with van der Waals surface area (Å²) in [6.07, 6.45) is 0. The van der Waals surface area contributed by atoms with E-state index in [1.54, 1.807) is 0 Å². The fraction of sp³-hybridized carbons (Fsp3) is 0. The van der Waals surface area contributed by atoms with E-state index in [1.807, 2.05) is 0 Å². The van der Waals surface area contributed by atoms with Crippen LogP contribution in [-0.4, -0.2) is 4.89 Å². The molecule has 0 saturated carbocycles. The molecule has 6 heteroatoms. The van der Waals surface area contributed by atoms with Crippen LogP contribution in [0.5, 0.6) is 0 Å². The minimum absolute atomic E-state index is 0. The maximum absolute atomic E-state index is 10.6. The Hall–Kier alpha value is 1.01. The summed E-state index contributed by atoms with van der Waals surface area (Å²) in [6, 6.07) is 0. The molecule has 1 unspecified atom stereocenters. The molecular formula is H2ClFLiO2P. The van der Waals surface area contributed by atoms with Crippen LogP contribution in [0.15, 0.2) is 0 Å². The molecule has 2 nitrogen and oxygen atoms in total. The molecule has 0 fully saturated rings. The van der Waals surface area contributed by atoms with Gasteiger partial charge in [0.1, 0.15) is 0 Å². The zero-order valence-electron chi connectivity index (χ0n) is 4.06. The first kappa shape index (κ1) is 10.1. The minimum atomic E-state index is -4.67. The second-order valence-electron chi connectivity index (χ2n) is 0.435. The SMILES string of the molecule is O=P(O)(F)Cl.[H-].[Li+]. The van der Waals surface area contributed by atoms with Gasteiger partial charge in [-0.05, 0) is 0 Å². The molecule has 0 aromatic heterocycles. The second kappa shape index (κ2) is 3.07. The van der Waals surface area contributed by atoms with Crippen molar-refractivity contribution in [1.82, 2.24) is 0 Å². The Labute approximate surface area is 52.7 Å². The van der Waals surface area contributed by atoms with E-state index in [9.17, 15) is 4.20 Å². The van der Waals surface area contributed by atoms with Crippen molar-refractivity contribution in [2.75, 3.05) is 0 Å². The third-order valence-corrected chi connectivity index (χ3v) is 0. The van der Waals surface area contributed by atoms with Gasteiger partial charge in [0.2, 0.25) is 0 Å². The van der Waals surface area contributed by atoms with Gasteiger partial charge in [-0.15, -0.1) is 4.20 Å². The Balaban J connectivity index is -0.0000000800. The smallest absolute Gasteiger partial charge is 1.00 e. The third kappa shape index (κ3) is 79.2. The van der Waals surface area contributed by atoms with E-state index in [0.29, 0.717) is 0 Å². The zero-order valence-corrected chi connectivity index (χ0v) is 4.71. The molecule has 0 heterocycles. The van der Waals surface area contributed by atoms with Crippen LogP contribution in [0.3, 0.4) is 0 Å². The molecule has 1 atom stereocenters. The summed E-state index contributed by atoms with van der Waals surface area (Å²) in [5, 5.41) is 0. The Morgan fingerprint density at radius 3 is 2.00 bits per heavy atom. The third-order valence-electron chi connectivity index (χ3n) is 0. The van der Waals surface area contributed by atoms with Crippen molar-refractivity contribution in [1.29, 1.82) is 0 Å². The average Bonchev–Trinajstić information content (AvgIpc) is 0.722. The largest absolute Gasteiger partial charge is 1.00 e. The van der Waals surface area contributed by atoms with Gasteiger partial charge < -0.3 is 6.32 Å². The van der Waals surface area contributed by atoms with E-state index < -0.39 is 7.03 Å². The average molecular weight is 126 g/mol. The van der Waals surface area contributed by atoms with Gasteiger partial charge in [0.15, 0.2) is 0 Å². The van der Waals surface area contributed by atoms with Crippen LogP contribution in [-0.2, 0) is 4.57 Å². The van der Waals surface area contributed by atoms with Crippen LogP contribution in [0.1, 0.15) is 1.43 Å². The molecule has 34 valence electrons. The first-order valence-electron chi connectivity index (χ1n) is 0.721. The maximum Gasteiger partial charge on any atom is 1.00 e. The van der Waals surface area contributed by atoms with Crippen LogP contribution in [0.25, 0.3) is 0 Å². The molecule has 0 aliphatic heterocycles. The summed E-state index contributed by atoms with van der Waals surface area (Å²) >= 11 is 3.97. The van der Waals surface area contributed by atoms with Crippen LogP contribution < -0.4 is 18.9 Å². The summed E-state index contributed by atoms with van der Waals surface area (Å²) in [7, 11) is -4.67. The maximum atomic E-state index is 10.6. The van der Waals surface area contributed by atoms with Gasteiger partial charge in [-0.1, -0.05) is 0 Å². The summed E-state index contributed by atoms with van der Waals surface area (Å²) in [5.74, 6) is 0. The number of rotatable bonds is 0. The Morgan fingerprint density at radius 1 is 2.00 bits per heavy atom. The molecule has 1 N–H and O–H groups in total. The van der Waals surface area contributed by atoms with Crippen LogP contribution in [0, 0.1) is 0 Å². The molecule has 0 aliphatic carbocycles. The van der Waals surface area contributed by atoms with Gasteiger partial charge in [-0.2, -0.15) is 0 Å². The molecule has 0 spiro atoms. The normalized spacial score (nSPS) is 17.8. The molecule has 0 radical (unpaired) electrons. The second-order valence-corrected chi connectivity index (χ2v) is 2.56. The topological polar surface area (TPSA) is 37.3 Å². The van der Waals surface area contributed by atoms with Gasteiger partial charge in [0, 0.05) is 11.2 Å². The molecule has 0 aromatic carbocycles. The van der Waals surface area contributed by atoms with E-state index in [-0.39, 0.29) is 20.3 Å². The van der Waals surface area contributed by atoms with E-state index in [4.69, 9.17) is 9.46 Å². The first-order valence-corrected chi connectivity index (χ1v) is 3.18. The Bertz CT molecular complexity index is 63.8. The summed E-state index contributed by atoms with van der Waals surface area (Å²) in [4.78, 5) is 7.18.